The van der Waals surface area contributed by atoms with Gasteiger partial charge in [-0.2, -0.15) is 0 Å². The molecule has 1 N–H and O–H groups in total. The molecule has 0 aromatic rings. The Hall–Kier alpha value is -0.570. The van der Waals surface area contributed by atoms with Crippen LogP contribution in [0.3, 0.4) is 0 Å². The Morgan fingerprint density at radius 3 is 2.36 bits per heavy atom. The van der Waals surface area contributed by atoms with Gasteiger partial charge in [0.15, 0.2) is 0 Å². The van der Waals surface area contributed by atoms with E-state index in [4.69, 9.17) is 4.74 Å². The molecule has 1 aliphatic heterocycles. The number of nitrogens with one attached hydrogen (secondary N) is 1. The predicted octanol–water partition coefficient (Wildman–Crippen LogP) is 1.33. The normalized spacial score (nSPS) is 40.6. The second-order valence-corrected chi connectivity index (χ2v) is 5.92. The third-order valence-electron chi connectivity index (χ3n) is 3.45. The molecule has 1 saturated carbocycles. The lowest BCUT2D eigenvalue weighted by Gasteiger charge is -2.23. The molecule has 0 radical (unpaired) electrons. The predicted molar refractivity (Wildman–Crippen MR) is 53.9 cm³/mol. The summed E-state index contributed by atoms with van der Waals surface area (Å²) >= 11 is 0. The zero-order valence-electron chi connectivity index (χ0n) is 9.44. The highest BCUT2D eigenvalue weighted by molar-refractivity contribution is 5.83. The Balaban J connectivity index is 2.07. The maximum Gasteiger partial charge on any atom is 0.314 e. The van der Waals surface area contributed by atoms with E-state index in [0.717, 1.165) is 19.5 Å². The van der Waals surface area contributed by atoms with Gasteiger partial charge < -0.3 is 10.1 Å². The first-order valence-electron chi connectivity index (χ1n) is 5.23. The fourth-order valence-corrected chi connectivity index (χ4v) is 2.45. The van der Waals surface area contributed by atoms with Crippen LogP contribution in [0.1, 0.15) is 34.1 Å². The van der Waals surface area contributed by atoms with E-state index in [1.165, 1.54) is 0 Å². The van der Waals surface area contributed by atoms with Gasteiger partial charge in [0.25, 0.3) is 0 Å². The van der Waals surface area contributed by atoms with Crippen LogP contribution in [-0.2, 0) is 9.53 Å². The molecule has 0 amide bonds. The number of piperidine rings is 1. The molecule has 1 saturated heterocycles. The van der Waals surface area contributed by atoms with Gasteiger partial charge in [0.05, 0.1) is 5.41 Å². The Morgan fingerprint density at radius 2 is 2.00 bits per heavy atom. The molecule has 0 aromatic heterocycles. The van der Waals surface area contributed by atoms with Crippen LogP contribution in [0.25, 0.3) is 0 Å². The van der Waals surface area contributed by atoms with Crippen molar-refractivity contribution in [3.63, 3.8) is 0 Å². The fraction of sp³-hybridized carbons (Fsp3) is 0.909. The minimum absolute atomic E-state index is 0.0162. The first-order valence-corrected chi connectivity index (χ1v) is 5.23. The summed E-state index contributed by atoms with van der Waals surface area (Å²) in [4.78, 5) is 12.0. The summed E-state index contributed by atoms with van der Waals surface area (Å²) in [6.45, 7) is 9.67. The van der Waals surface area contributed by atoms with Gasteiger partial charge in [-0.3, -0.25) is 4.79 Å². The van der Waals surface area contributed by atoms with Gasteiger partial charge in [-0.15, -0.1) is 0 Å². The molecule has 14 heavy (non-hydrogen) atoms. The lowest BCUT2D eigenvalue weighted by Crippen LogP contribution is -2.33. The molecule has 1 heterocycles. The van der Waals surface area contributed by atoms with Crippen LogP contribution in [0.5, 0.6) is 0 Å². The number of carbonyl (C=O) groups is 1. The van der Waals surface area contributed by atoms with Crippen LogP contribution >= 0.6 is 0 Å². The molecule has 1 aliphatic carbocycles. The summed E-state index contributed by atoms with van der Waals surface area (Å²) in [5.74, 6) is -0.0162. The number of esters is 1. The zero-order valence-corrected chi connectivity index (χ0v) is 9.44. The molecule has 0 aromatic carbocycles. The van der Waals surface area contributed by atoms with Gasteiger partial charge in [-0.1, -0.05) is 6.92 Å². The summed E-state index contributed by atoms with van der Waals surface area (Å²) < 4.78 is 5.45. The summed E-state index contributed by atoms with van der Waals surface area (Å²) in [6.07, 6.45) is 0.988. The molecule has 0 spiro atoms. The number of hydrogen-bond donors (Lipinski definition) is 1. The van der Waals surface area contributed by atoms with E-state index < -0.39 is 0 Å². The Labute approximate surface area is 85.2 Å². The topological polar surface area (TPSA) is 38.3 Å². The molecular weight excluding hydrogens is 178 g/mol. The van der Waals surface area contributed by atoms with Gasteiger partial charge in [0.2, 0.25) is 0 Å². The van der Waals surface area contributed by atoms with E-state index in [2.05, 4.69) is 12.2 Å². The number of fused-ring (bicyclic) bond motifs is 1. The lowest BCUT2D eigenvalue weighted by atomic mass is 9.98. The van der Waals surface area contributed by atoms with Gasteiger partial charge in [0, 0.05) is 13.1 Å². The quantitative estimate of drug-likeness (QED) is 0.644. The van der Waals surface area contributed by atoms with Crippen LogP contribution in [0.4, 0.5) is 0 Å². The maximum absolute atomic E-state index is 12.0. The number of carbonyl (C=O) groups excluding carboxylic acids is 1. The highest BCUT2D eigenvalue weighted by atomic mass is 16.6. The SMILES string of the molecule is CC(C)(C)OC(=O)[C@@]12CNC[C@]1(C)C2. The van der Waals surface area contributed by atoms with Crippen molar-refractivity contribution < 1.29 is 9.53 Å². The summed E-state index contributed by atoms with van der Waals surface area (Å²) in [7, 11) is 0. The van der Waals surface area contributed by atoms with E-state index in [1.54, 1.807) is 0 Å². The van der Waals surface area contributed by atoms with Crippen LogP contribution < -0.4 is 5.32 Å². The van der Waals surface area contributed by atoms with Crippen molar-refractivity contribution >= 4 is 5.97 Å². The van der Waals surface area contributed by atoms with Crippen LogP contribution in [0, 0.1) is 10.8 Å². The third kappa shape index (κ3) is 1.26. The summed E-state index contributed by atoms with van der Waals surface area (Å²) in [5, 5.41) is 3.27. The van der Waals surface area contributed by atoms with Crippen molar-refractivity contribution in [2.45, 2.75) is 39.7 Å². The van der Waals surface area contributed by atoms with Crippen LogP contribution in [-0.4, -0.2) is 24.7 Å². The average molecular weight is 197 g/mol. The minimum Gasteiger partial charge on any atom is -0.459 e. The van der Waals surface area contributed by atoms with Crippen molar-refractivity contribution in [2.75, 3.05) is 13.1 Å². The molecule has 0 bridgehead atoms. The molecule has 2 atom stereocenters. The zero-order chi connectivity index (χ0) is 10.6. The third-order valence-corrected chi connectivity index (χ3v) is 3.45. The molecule has 2 rings (SSSR count). The van der Waals surface area contributed by atoms with E-state index in [0.29, 0.717) is 0 Å². The maximum atomic E-state index is 12.0. The van der Waals surface area contributed by atoms with E-state index in [1.807, 2.05) is 20.8 Å². The number of hydrogen-bond acceptors (Lipinski definition) is 3. The monoisotopic (exact) mass is 197 g/mol. The van der Waals surface area contributed by atoms with Crippen molar-refractivity contribution in [3.05, 3.63) is 0 Å². The van der Waals surface area contributed by atoms with Gasteiger partial charge >= 0.3 is 5.97 Å². The van der Waals surface area contributed by atoms with Crippen LogP contribution in [0.2, 0.25) is 0 Å². The molecule has 3 nitrogen and oxygen atoms in total. The molecule has 3 heteroatoms. The standard InChI is InChI=1S/C11H19NO2/c1-9(2,3)14-8(13)11-5-10(11,4)6-12-7-11/h12H,5-7H2,1-4H3/t10-,11+/m0/s1. The summed E-state index contributed by atoms with van der Waals surface area (Å²) in [5.41, 5.74) is -0.409. The molecular formula is C11H19NO2. The van der Waals surface area contributed by atoms with Gasteiger partial charge in [0.1, 0.15) is 5.60 Å². The Kier molecular flexibility index (Phi) is 1.79. The van der Waals surface area contributed by atoms with E-state index >= 15 is 0 Å². The van der Waals surface area contributed by atoms with Gasteiger partial charge in [-0.25, -0.2) is 0 Å². The number of rotatable bonds is 1. The van der Waals surface area contributed by atoms with Crippen molar-refractivity contribution in [2.24, 2.45) is 10.8 Å². The van der Waals surface area contributed by atoms with E-state index in [-0.39, 0.29) is 22.4 Å². The molecule has 2 fully saturated rings. The Bertz CT molecular complexity index is 278. The van der Waals surface area contributed by atoms with E-state index in [9.17, 15) is 4.79 Å². The second kappa shape index (κ2) is 2.51. The minimum atomic E-state index is -0.363. The number of ether oxygens (including phenoxy) is 1. The molecule has 2 aliphatic rings. The Morgan fingerprint density at radius 1 is 1.36 bits per heavy atom. The van der Waals surface area contributed by atoms with Crippen molar-refractivity contribution in [1.29, 1.82) is 0 Å². The largest absolute Gasteiger partial charge is 0.459 e. The molecule has 0 unspecified atom stereocenters. The molecule has 80 valence electrons. The lowest BCUT2D eigenvalue weighted by molar-refractivity contribution is -0.162. The second-order valence-electron chi connectivity index (χ2n) is 5.92. The van der Waals surface area contributed by atoms with Gasteiger partial charge in [-0.05, 0) is 32.6 Å². The summed E-state index contributed by atoms with van der Waals surface area (Å²) in [6, 6.07) is 0. The highest BCUT2D eigenvalue weighted by Gasteiger charge is 2.72. The smallest absolute Gasteiger partial charge is 0.314 e. The van der Waals surface area contributed by atoms with Crippen molar-refractivity contribution in [1.82, 2.24) is 5.32 Å². The first-order chi connectivity index (χ1) is 6.29. The first kappa shape index (κ1) is 9.97. The van der Waals surface area contributed by atoms with Crippen molar-refractivity contribution in [3.8, 4) is 0 Å². The highest BCUT2D eigenvalue weighted by Crippen LogP contribution is 2.66. The fourth-order valence-electron chi connectivity index (χ4n) is 2.45. The average Bonchev–Trinajstić information content (AvgIpc) is 2.44. The van der Waals surface area contributed by atoms with Crippen LogP contribution in [0.15, 0.2) is 0 Å².